The molecule has 3 N–H and O–H groups in total. The van der Waals surface area contributed by atoms with Gasteiger partial charge in [-0.05, 0) is 19.4 Å². The molecule has 2 nitrogen and oxygen atoms in total. The van der Waals surface area contributed by atoms with Crippen LogP contribution >= 0.6 is 0 Å². The SMILES string of the molecule is C/C(N)=C/C(=N)C1(C)C=CC=CC1. The zero-order valence-electron chi connectivity index (χ0n) is 8.17. The standard InChI is InChI=1S/C11H16N2/c1-9(12)8-10(13)11(2)6-4-3-5-7-11/h3-6,8,13H,7,12H2,1-2H3/b9-8-,13-10?. The molecule has 0 aromatic carbocycles. The van der Waals surface area contributed by atoms with E-state index in [1.165, 1.54) is 0 Å². The predicted molar refractivity (Wildman–Crippen MR) is 56.7 cm³/mol. The molecule has 0 amide bonds. The number of rotatable bonds is 2. The molecule has 1 aliphatic carbocycles. The van der Waals surface area contributed by atoms with Gasteiger partial charge in [0.2, 0.25) is 0 Å². The lowest BCUT2D eigenvalue weighted by molar-refractivity contribution is 0.600. The summed E-state index contributed by atoms with van der Waals surface area (Å²) in [5.74, 6) is 0. The largest absolute Gasteiger partial charge is 0.402 e. The minimum absolute atomic E-state index is 0.171. The number of nitrogens with two attached hydrogens (primary N) is 1. The highest BCUT2D eigenvalue weighted by Gasteiger charge is 2.24. The van der Waals surface area contributed by atoms with Gasteiger partial charge in [-0.15, -0.1) is 0 Å². The summed E-state index contributed by atoms with van der Waals surface area (Å²) >= 11 is 0. The van der Waals surface area contributed by atoms with Crippen LogP contribution in [0.2, 0.25) is 0 Å². The van der Waals surface area contributed by atoms with E-state index in [9.17, 15) is 0 Å². The summed E-state index contributed by atoms with van der Waals surface area (Å²) < 4.78 is 0. The maximum Gasteiger partial charge on any atom is 0.0430 e. The molecule has 1 atom stereocenters. The minimum Gasteiger partial charge on any atom is -0.402 e. The fourth-order valence-corrected chi connectivity index (χ4v) is 1.32. The van der Waals surface area contributed by atoms with Gasteiger partial charge in [-0.2, -0.15) is 0 Å². The average molecular weight is 176 g/mol. The van der Waals surface area contributed by atoms with E-state index in [0.717, 1.165) is 6.42 Å². The van der Waals surface area contributed by atoms with E-state index >= 15 is 0 Å². The number of nitrogens with one attached hydrogen (secondary N) is 1. The van der Waals surface area contributed by atoms with E-state index in [0.29, 0.717) is 11.4 Å². The Morgan fingerprint density at radius 3 is 2.69 bits per heavy atom. The van der Waals surface area contributed by atoms with Gasteiger partial charge in [0, 0.05) is 16.8 Å². The third-order valence-electron chi connectivity index (χ3n) is 2.24. The summed E-state index contributed by atoms with van der Waals surface area (Å²) in [4.78, 5) is 0. The zero-order valence-corrected chi connectivity index (χ0v) is 8.17. The lowest BCUT2D eigenvalue weighted by atomic mass is 9.79. The molecule has 70 valence electrons. The van der Waals surface area contributed by atoms with Crippen LogP contribution in [0.15, 0.2) is 36.1 Å². The summed E-state index contributed by atoms with van der Waals surface area (Å²) in [6.07, 6.45) is 10.7. The second kappa shape index (κ2) is 3.60. The Bertz CT molecular complexity index is 293. The smallest absolute Gasteiger partial charge is 0.0430 e. The maximum atomic E-state index is 7.87. The molecule has 0 aliphatic heterocycles. The quantitative estimate of drug-likeness (QED) is 0.623. The van der Waals surface area contributed by atoms with E-state index in [2.05, 4.69) is 19.1 Å². The maximum absolute atomic E-state index is 7.87. The predicted octanol–water partition coefficient (Wildman–Crippen LogP) is 2.39. The van der Waals surface area contributed by atoms with Gasteiger partial charge in [-0.25, -0.2) is 0 Å². The molecule has 0 aromatic rings. The topological polar surface area (TPSA) is 49.9 Å². The molecule has 0 saturated carbocycles. The van der Waals surface area contributed by atoms with Crippen molar-refractivity contribution in [2.75, 3.05) is 0 Å². The van der Waals surface area contributed by atoms with Gasteiger partial charge < -0.3 is 11.1 Å². The summed E-state index contributed by atoms with van der Waals surface area (Å²) in [6.45, 7) is 3.86. The van der Waals surface area contributed by atoms with Crippen LogP contribution in [0, 0.1) is 10.8 Å². The third-order valence-corrected chi connectivity index (χ3v) is 2.24. The van der Waals surface area contributed by atoms with Crippen molar-refractivity contribution in [1.29, 1.82) is 5.41 Å². The molecule has 2 heteroatoms. The lowest BCUT2D eigenvalue weighted by Crippen LogP contribution is -2.24. The van der Waals surface area contributed by atoms with Crippen LogP contribution in [0.3, 0.4) is 0 Å². The fraction of sp³-hybridized carbons (Fsp3) is 0.364. The molecule has 0 bridgehead atoms. The first-order chi connectivity index (χ1) is 6.04. The van der Waals surface area contributed by atoms with Crippen molar-refractivity contribution in [2.24, 2.45) is 11.1 Å². The van der Waals surface area contributed by atoms with Crippen molar-refractivity contribution >= 4 is 5.71 Å². The van der Waals surface area contributed by atoms with Gasteiger partial charge in [-0.3, -0.25) is 0 Å². The zero-order chi connectivity index (χ0) is 9.90. The Kier molecular flexibility index (Phi) is 2.71. The van der Waals surface area contributed by atoms with E-state index in [1.54, 1.807) is 13.0 Å². The first kappa shape index (κ1) is 9.78. The molecule has 13 heavy (non-hydrogen) atoms. The van der Waals surface area contributed by atoms with E-state index < -0.39 is 0 Å². The van der Waals surface area contributed by atoms with Crippen LogP contribution in [-0.2, 0) is 0 Å². The second-order valence-electron chi connectivity index (χ2n) is 3.71. The summed E-state index contributed by atoms with van der Waals surface area (Å²) in [7, 11) is 0. The van der Waals surface area contributed by atoms with Gasteiger partial charge >= 0.3 is 0 Å². The average Bonchev–Trinajstić information content (AvgIpc) is 2.04. The molecule has 0 heterocycles. The van der Waals surface area contributed by atoms with E-state index in [4.69, 9.17) is 11.1 Å². The molecule has 1 aliphatic rings. The highest BCUT2D eigenvalue weighted by Crippen LogP contribution is 2.28. The van der Waals surface area contributed by atoms with Crippen LogP contribution < -0.4 is 5.73 Å². The van der Waals surface area contributed by atoms with Crippen LogP contribution in [0.1, 0.15) is 20.3 Å². The fourth-order valence-electron chi connectivity index (χ4n) is 1.32. The van der Waals surface area contributed by atoms with Crippen LogP contribution in [0.5, 0.6) is 0 Å². The van der Waals surface area contributed by atoms with Crippen LogP contribution in [0.25, 0.3) is 0 Å². The minimum atomic E-state index is -0.171. The van der Waals surface area contributed by atoms with Gasteiger partial charge in [0.15, 0.2) is 0 Å². The molecule has 0 spiro atoms. The van der Waals surface area contributed by atoms with Crippen LogP contribution in [-0.4, -0.2) is 5.71 Å². The van der Waals surface area contributed by atoms with Crippen LogP contribution in [0.4, 0.5) is 0 Å². The lowest BCUT2D eigenvalue weighted by Gasteiger charge is -2.25. The molecule has 0 saturated heterocycles. The summed E-state index contributed by atoms with van der Waals surface area (Å²) in [5.41, 5.74) is 6.63. The third kappa shape index (κ3) is 2.31. The van der Waals surface area contributed by atoms with Crippen molar-refractivity contribution in [3.63, 3.8) is 0 Å². The van der Waals surface area contributed by atoms with E-state index in [-0.39, 0.29) is 5.41 Å². The van der Waals surface area contributed by atoms with Crippen molar-refractivity contribution in [3.05, 3.63) is 36.1 Å². The molecule has 0 fully saturated rings. The highest BCUT2D eigenvalue weighted by atomic mass is 14.6. The second-order valence-corrected chi connectivity index (χ2v) is 3.71. The van der Waals surface area contributed by atoms with Crippen molar-refractivity contribution in [3.8, 4) is 0 Å². The van der Waals surface area contributed by atoms with Gasteiger partial charge in [0.05, 0.1) is 0 Å². The van der Waals surface area contributed by atoms with Gasteiger partial charge in [-0.1, -0.05) is 31.2 Å². The number of hydrogen-bond donors (Lipinski definition) is 2. The molecule has 1 rings (SSSR count). The molecule has 0 radical (unpaired) electrons. The first-order valence-electron chi connectivity index (χ1n) is 4.42. The first-order valence-corrected chi connectivity index (χ1v) is 4.42. The van der Waals surface area contributed by atoms with Crippen molar-refractivity contribution < 1.29 is 0 Å². The van der Waals surface area contributed by atoms with E-state index in [1.807, 2.05) is 12.2 Å². The summed E-state index contributed by atoms with van der Waals surface area (Å²) in [5, 5.41) is 7.87. The van der Waals surface area contributed by atoms with Gasteiger partial charge in [0.25, 0.3) is 0 Å². The Balaban J connectivity index is 2.82. The highest BCUT2D eigenvalue weighted by molar-refractivity contribution is 5.99. The molecular weight excluding hydrogens is 160 g/mol. The Labute approximate surface area is 79.3 Å². The van der Waals surface area contributed by atoms with Crippen molar-refractivity contribution in [2.45, 2.75) is 20.3 Å². The number of allylic oxidation sites excluding steroid dienone is 6. The Morgan fingerprint density at radius 2 is 2.23 bits per heavy atom. The molecule has 1 unspecified atom stereocenters. The summed E-state index contributed by atoms with van der Waals surface area (Å²) in [6, 6.07) is 0. The Hall–Kier alpha value is -1.31. The Morgan fingerprint density at radius 1 is 1.54 bits per heavy atom. The molecule has 0 aromatic heterocycles. The molecular formula is C11H16N2. The monoisotopic (exact) mass is 176 g/mol. The van der Waals surface area contributed by atoms with Crippen molar-refractivity contribution in [1.82, 2.24) is 0 Å². The normalized spacial score (nSPS) is 27.7. The number of hydrogen-bond acceptors (Lipinski definition) is 2. The van der Waals surface area contributed by atoms with Gasteiger partial charge in [0.1, 0.15) is 0 Å².